The molecule has 0 saturated heterocycles. The topological polar surface area (TPSA) is 26.3 Å². The second-order valence-corrected chi connectivity index (χ2v) is 15.6. The number of hydrogen-bond donors (Lipinski definition) is 0. The SMILES string of the molecule is CC=CC(=O)OCCCCCCCCCCCCCC[Si](Cl)(Cl)Cl. The largest absolute Gasteiger partial charge is 0.463 e. The Kier molecular flexibility index (Phi) is 17.0. The van der Waals surface area contributed by atoms with E-state index in [0.717, 1.165) is 25.3 Å². The Hall–Kier alpha value is 0.297. The summed E-state index contributed by atoms with van der Waals surface area (Å²) in [5.74, 6) is -0.230. The molecular weight excluding hydrogens is 383 g/mol. The standard InChI is InChI=1S/C18H33Cl3O2Si/c1-2-15-18(22)23-16-13-11-9-7-5-3-4-6-8-10-12-14-17-24(19,20)21/h2,15H,3-14,16-17H2,1H3. The number of halogens is 3. The molecule has 0 saturated carbocycles. The third kappa shape index (κ3) is 20.3. The molecule has 0 bridgehead atoms. The van der Waals surface area contributed by atoms with Gasteiger partial charge < -0.3 is 4.74 Å². The van der Waals surface area contributed by atoms with Crippen molar-refractivity contribution < 1.29 is 9.53 Å². The van der Waals surface area contributed by atoms with Crippen LogP contribution in [0.1, 0.15) is 84.0 Å². The summed E-state index contributed by atoms with van der Waals surface area (Å²) in [6.45, 7) is 2.36. The van der Waals surface area contributed by atoms with Crippen molar-refractivity contribution in [2.24, 2.45) is 0 Å². The molecule has 2 nitrogen and oxygen atoms in total. The van der Waals surface area contributed by atoms with Crippen molar-refractivity contribution in [2.45, 2.75) is 90.0 Å². The highest BCUT2D eigenvalue weighted by atomic mass is 35.8. The maximum atomic E-state index is 11.1. The first-order chi connectivity index (χ1) is 11.5. The lowest BCUT2D eigenvalue weighted by Crippen LogP contribution is -2.07. The van der Waals surface area contributed by atoms with Crippen LogP contribution in [0.25, 0.3) is 0 Å². The zero-order valence-corrected chi connectivity index (χ0v) is 18.3. The van der Waals surface area contributed by atoms with Crippen LogP contribution in [-0.4, -0.2) is 18.6 Å². The highest BCUT2D eigenvalue weighted by Gasteiger charge is 2.23. The van der Waals surface area contributed by atoms with Gasteiger partial charge in [0.05, 0.1) is 6.61 Å². The zero-order chi connectivity index (χ0) is 18.1. The van der Waals surface area contributed by atoms with Crippen molar-refractivity contribution in [3.8, 4) is 0 Å². The second-order valence-electron chi connectivity index (χ2n) is 6.28. The number of carbonyl (C=O) groups excluding carboxylic acids is 1. The predicted octanol–water partition coefficient (Wildman–Crippen LogP) is 7.44. The number of carbonyl (C=O) groups is 1. The van der Waals surface area contributed by atoms with E-state index >= 15 is 0 Å². The Labute approximate surface area is 163 Å². The number of unbranched alkanes of at least 4 members (excludes halogenated alkanes) is 11. The van der Waals surface area contributed by atoms with E-state index in [1.165, 1.54) is 63.9 Å². The lowest BCUT2D eigenvalue weighted by molar-refractivity contribution is -0.137. The molecule has 24 heavy (non-hydrogen) atoms. The van der Waals surface area contributed by atoms with Gasteiger partial charge >= 0.3 is 12.0 Å². The lowest BCUT2D eigenvalue weighted by Gasteiger charge is -2.07. The molecule has 0 aliphatic heterocycles. The first-order valence-corrected chi connectivity index (χ1v) is 14.6. The Morgan fingerprint density at radius 2 is 1.21 bits per heavy atom. The molecule has 0 spiro atoms. The Bertz CT molecular complexity index is 331. The summed E-state index contributed by atoms with van der Waals surface area (Å²) in [5, 5.41) is 0. The average Bonchev–Trinajstić information content (AvgIpc) is 2.50. The summed E-state index contributed by atoms with van der Waals surface area (Å²) in [6.07, 6.45) is 17.9. The van der Waals surface area contributed by atoms with Crippen LogP contribution in [0, 0.1) is 0 Å². The third-order valence-electron chi connectivity index (χ3n) is 3.90. The maximum absolute atomic E-state index is 11.1. The van der Waals surface area contributed by atoms with Gasteiger partial charge in [-0.25, -0.2) is 4.79 Å². The van der Waals surface area contributed by atoms with Gasteiger partial charge in [0.15, 0.2) is 0 Å². The van der Waals surface area contributed by atoms with Gasteiger partial charge in [-0.3, -0.25) is 0 Å². The van der Waals surface area contributed by atoms with Crippen molar-refractivity contribution in [1.82, 2.24) is 0 Å². The Balaban J connectivity index is 3.11. The van der Waals surface area contributed by atoms with E-state index in [1.54, 1.807) is 6.08 Å². The van der Waals surface area contributed by atoms with Gasteiger partial charge in [0, 0.05) is 6.08 Å². The van der Waals surface area contributed by atoms with Crippen LogP contribution < -0.4 is 0 Å². The smallest absolute Gasteiger partial charge is 0.341 e. The minimum atomic E-state index is -2.38. The van der Waals surface area contributed by atoms with Crippen molar-refractivity contribution in [3.05, 3.63) is 12.2 Å². The highest BCUT2D eigenvalue weighted by Crippen LogP contribution is 2.27. The minimum absolute atomic E-state index is 0.230. The molecule has 6 heteroatoms. The third-order valence-corrected chi connectivity index (χ3v) is 6.52. The molecule has 0 aromatic carbocycles. The zero-order valence-electron chi connectivity index (χ0n) is 15.0. The number of hydrogen-bond acceptors (Lipinski definition) is 2. The lowest BCUT2D eigenvalue weighted by atomic mass is 10.1. The van der Waals surface area contributed by atoms with E-state index in [9.17, 15) is 4.79 Å². The van der Waals surface area contributed by atoms with Gasteiger partial charge in [-0.2, -0.15) is 0 Å². The fourth-order valence-corrected chi connectivity index (χ4v) is 4.41. The molecule has 0 heterocycles. The molecule has 0 fully saturated rings. The molecule has 0 aromatic rings. The quantitative estimate of drug-likeness (QED) is 0.0860. The van der Waals surface area contributed by atoms with Gasteiger partial charge in [-0.05, 0) is 19.4 Å². The van der Waals surface area contributed by atoms with E-state index in [0.29, 0.717) is 6.61 Å². The predicted molar refractivity (Wildman–Crippen MR) is 109 cm³/mol. The van der Waals surface area contributed by atoms with Crippen LogP contribution >= 0.6 is 33.2 Å². The first-order valence-electron chi connectivity index (χ1n) is 9.32. The number of esters is 1. The average molecular weight is 416 g/mol. The van der Waals surface area contributed by atoms with Crippen LogP contribution in [0.5, 0.6) is 0 Å². The van der Waals surface area contributed by atoms with Crippen LogP contribution in [0.3, 0.4) is 0 Å². The normalized spacial score (nSPS) is 12.0. The summed E-state index contributed by atoms with van der Waals surface area (Å²) >= 11 is 17.6. The van der Waals surface area contributed by atoms with Gasteiger partial charge in [0.25, 0.3) is 0 Å². The molecule has 0 aromatic heterocycles. The molecule has 0 rings (SSSR count). The first kappa shape index (κ1) is 24.3. The molecule has 0 amide bonds. The van der Waals surface area contributed by atoms with Crippen LogP contribution in [-0.2, 0) is 9.53 Å². The molecule has 0 aliphatic rings. The van der Waals surface area contributed by atoms with Crippen molar-refractivity contribution >= 4 is 45.2 Å². The number of ether oxygens (including phenoxy) is 1. The van der Waals surface area contributed by atoms with E-state index in [1.807, 2.05) is 6.92 Å². The van der Waals surface area contributed by atoms with Crippen molar-refractivity contribution in [2.75, 3.05) is 6.61 Å². The Morgan fingerprint density at radius 1 is 0.792 bits per heavy atom. The van der Waals surface area contributed by atoms with Gasteiger partial charge in [0.1, 0.15) is 0 Å². The van der Waals surface area contributed by atoms with E-state index in [4.69, 9.17) is 38.0 Å². The molecule has 0 atom stereocenters. The summed E-state index contributed by atoms with van der Waals surface area (Å²) in [6, 6.07) is -1.58. The summed E-state index contributed by atoms with van der Waals surface area (Å²) in [7, 11) is 0. The van der Waals surface area contributed by atoms with Crippen LogP contribution in [0.2, 0.25) is 6.04 Å². The van der Waals surface area contributed by atoms with Gasteiger partial charge in [-0.1, -0.05) is 76.7 Å². The van der Waals surface area contributed by atoms with E-state index < -0.39 is 6.00 Å². The fraction of sp³-hybridized carbons (Fsp3) is 0.833. The Morgan fingerprint density at radius 3 is 1.62 bits per heavy atom. The van der Waals surface area contributed by atoms with Crippen LogP contribution in [0.15, 0.2) is 12.2 Å². The molecule has 0 N–H and O–H groups in total. The number of rotatable bonds is 16. The fourth-order valence-electron chi connectivity index (χ4n) is 2.55. The summed E-state index contributed by atoms with van der Waals surface area (Å²) < 4.78 is 5.06. The number of allylic oxidation sites excluding steroid dienone is 1. The molecular formula is C18H33Cl3O2Si. The highest BCUT2D eigenvalue weighted by molar-refractivity contribution is 7.64. The van der Waals surface area contributed by atoms with Crippen molar-refractivity contribution in [3.63, 3.8) is 0 Å². The summed E-state index contributed by atoms with van der Waals surface area (Å²) in [4.78, 5) is 11.1. The molecule has 0 radical (unpaired) electrons. The molecule has 0 unspecified atom stereocenters. The van der Waals surface area contributed by atoms with E-state index in [2.05, 4.69) is 0 Å². The molecule has 0 aliphatic carbocycles. The van der Waals surface area contributed by atoms with Crippen LogP contribution in [0.4, 0.5) is 0 Å². The summed E-state index contributed by atoms with van der Waals surface area (Å²) in [5.41, 5.74) is 0. The monoisotopic (exact) mass is 414 g/mol. The maximum Gasteiger partial charge on any atom is 0.341 e. The van der Waals surface area contributed by atoms with Crippen molar-refractivity contribution in [1.29, 1.82) is 0 Å². The van der Waals surface area contributed by atoms with Gasteiger partial charge in [0.2, 0.25) is 0 Å². The molecule has 142 valence electrons. The minimum Gasteiger partial charge on any atom is -0.463 e. The van der Waals surface area contributed by atoms with E-state index in [-0.39, 0.29) is 5.97 Å². The van der Waals surface area contributed by atoms with Gasteiger partial charge in [-0.15, -0.1) is 33.2 Å². The second kappa shape index (κ2) is 16.7.